The van der Waals surface area contributed by atoms with Crippen LogP contribution in [0, 0.1) is 13.8 Å². The number of ether oxygens (including phenoxy) is 1. The fraction of sp³-hybridized carbons (Fsp3) is 0.211. The van der Waals surface area contributed by atoms with E-state index in [1.165, 1.54) is 0 Å². The third-order valence-corrected chi connectivity index (χ3v) is 3.66. The topological polar surface area (TPSA) is 69.0 Å². The Morgan fingerprint density at radius 3 is 2.64 bits per heavy atom. The second-order valence-corrected chi connectivity index (χ2v) is 5.76. The van der Waals surface area contributed by atoms with Gasteiger partial charge in [-0.05, 0) is 44.2 Å². The average molecular weight is 336 g/mol. The summed E-state index contributed by atoms with van der Waals surface area (Å²) in [5.41, 5.74) is 2.71. The summed E-state index contributed by atoms with van der Waals surface area (Å²) in [7, 11) is 0. The second kappa shape index (κ2) is 7.61. The maximum Gasteiger partial charge on any atom is 0.226 e. The molecule has 6 nitrogen and oxygen atoms in total. The summed E-state index contributed by atoms with van der Waals surface area (Å²) in [5, 5.41) is 7.25. The Morgan fingerprint density at radius 2 is 1.92 bits per heavy atom. The number of nitrogens with zero attached hydrogens (tertiary/aromatic N) is 3. The molecule has 0 saturated heterocycles. The SMILES string of the molecule is Cc1cc(C)n(CCC(=O)Nc2cccc(Oc3ccncc3)c2)n1. The third-order valence-electron chi connectivity index (χ3n) is 3.66. The molecule has 128 valence electrons. The Balaban J connectivity index is 1.58. The third kappa shape index (κ3) is 4.67. The van der Waals surface area contributed by atoms with Crippen LogP contribution < -0.4 is 10.1 Å². The monoisotopic (exact) mass is 336 g/mol. The molecular formula is C19H20N4O2. The van der Waals surface area contributed by atoms with Gasteiger partial charge < -0.3 is 10.1 Å². The van der Waals surface area contributed by atoms with E-state index in [2.05, 4.69) is 15.4 Å². The Labute approximate surface area is 146 Å². The molecule has 1 N–H and O–H groups in total. The number of amides is 1. The van der Waals surface area contributed by atoms with Gasteiger partial charge in [0.15, 0.2) is 0 Å². The van der Waals surface area contributed by atoms with Crippen LogP contribution in [0.5, 0.6) is 11.5 Å². The van der Waals surface area contributed by atoms with Crippen molar-refractivity contribution < 1.29 is 9.53 Å². The summed E-state index contributed by atoms with van der Waals surface area (Å²) >= 11 is 0. The van der Waals surface area contributed by atoms with E-state index in [4.69, 9.17) is 4.74 Å². The van der Waals surface area contributed by atoms with E-state index < -0.39 is 0 Å². The van der Waals surface area contributed by atoms with E-state index >= 15 is 0 Å². The summed E-state index contributed by atoms with van der Waals surface area (Å²) in [4.78, 5) is 16.1. The van der Waals surface area contributed by atoms with Crippen molar-refractivity contribution in [1.82, 2.24) is 14.8 Å². The van der Waals surface area contributed by atoms with Crippen LogP contribution >= 0.6 is 0 Å². The quantitative estimate of drug-likeness (QED) is 0.745. The molecule has 0 bridgehead atoms. The first kappa shape index (κ1) is 16.7. The lowest BCUT2D eigenvalue weighted by Crippen LogP contribution is -2.15. The zero-order valence-corrected chi connectivity index (χ0v) is 14.3. The Hall–Kier alpha value is -3.15. The summed E-state index contributed by atoms with van der Waals surface area (Å²) in [6.45, 7) is 4.48. The van der Waals surface area contributed by atoms with Crippen LogP contribution in [0.25, 0.3) is 0 Å². The zero-order valence-electron chi connectivity index (χ0n) is 14.3. The predicted molar refractivity (Wildman–Crippen MR) is 95.7 cm³/mol. The molecule has 0 atom stereocenters. The van der Waals surface area contributed by atoms with Crippen LogP contribution in [0.15, 0.2) is 54.9 Å². The molecule has 1 aromatic carbocycles. The molecule has 0 fully saturated rings. The number of carbonyl (C=O) groups is 1. The number of hydrogen-bond acceptors (Lipinski definition) is 4. The van der Waals surface area contributed by atoms with E-state index in [1.807, 2.05) is 42.8 Å². The number of rotatable bonds is 6. The first-order valence-electron chi connectivity index (χ1n) is 8.09. The minimum absolute atomic E-state index is 0.0615. The fourth-order valence-corrected chi connectivity index (χ4v) is 2.51. The van der Waals surface area contributed by atoms with E-state index in [0.717, 1.165) is 11.4 Å². The fourth-order valence-electron chi connectivity index (χ4n) is 2.51. The first-order valence-corrected chi connectivity index (χ1v) is 8.09. The van der Waals surface area contributed by atoms with E-state index in [0.29, 0.717) is 30.2 Å². The van der Waals surface area contributed by atoms with Gasteiger partial charge in [0.1, 0.15) is 11.5 Å². The average Bonchev–Trinajstić information content (AvgIpc) is 2.92. The van der Waals surface area contributed by atoms with Crippen molar-refractivity contribution in [2.45, 2.75) is 26.8 Å². The molecule has 1 amide bonds. The molecular weight excluding hydrogens is 316 g/mol. The number of hydrogen-bond donors (Lipinski definition) is 1. The number of nitrogens with one attached hydrogen (secondary N) is 1. The number of pyridine rings is 1. The van der Waals surface area contributed by atoms with Gasteiger partial charge in [0.2, 0.25) is 5.91 Å². The second-order valence-electron chi connectivity index (χ2n) is 5.76. The highest BCUT2D eigenvalue weighted by Crippen LogP contribution is 2.23. The Kier molecular flexibility index (Phi) is 5.09. The lowest BCUT2D eigenvalue weighted by molar-refractivity contribution is -0.116. The molecule has 0 aliphatic rings. The molecule has 3 rings (SSSR count). The summed E-state index contributed by atoms with van der Waals surface area (Å²) in [6, 6.07) is 12.9. The minimum Gasteiger partial charge on any atom is -0.457 e. The van der Waals surface area contributed by atoms with Crippen LogP contribution in [0.3, 0.4) is 0 Å². The lowest BCUT2D eigenvalue weighted by Gasteiger charge is -2.09. The highest BCUT2D eigenvalue weighted by molar-refractivity contribution is 5.90. The lowest BCUT2D eigenvalue weighted by atomic mass is 10.3. The van der Waals surface area contributed by atoms with Gasteiger partial charge >= 0.3 is 0 Å². The van der Waals surface area contributed by atoms with Gasteiger partial charge in [-0.3, -0.25) is 14.5 Å². The molecule has 2 aromatic heterocycles. The molecule has 0 saturated carbocycles. The molecule has 0 unspecified atom stereocenters. The molecule has 6 heteroatoms. The van der Waals surface area contributed by atoms with Crippen molar-refractivity contribution in [1.29, 1.82) is 0 Å². The molecule has 0 spiro atoms. The molecule has 0 aliphatic carbocycles. The number of anilines is 1. The molecule has 2 heterocycles. The van der Waals surface area contributed by atoms with Crippen molar-refractivity contribution in [2.75, 3.05) is 5.32 Å². The standard InChI is InChI=1S/C19H20N4O2/c1-14-12-15(2)23(22-14)11-8-19(24)21-16-4-3-5-18(13-16)25-17-6-9-20-10-7-17/h3-7,9-10,12-13H,8,11H2,1-2H3,(H,21,24). The highest BCUT2D eigenvalue weighted by Gasteiger charge is 2.07. The number of carbonyl (C=O) groups excluding carboxylic acids is 1. The maximum atomic E-state index is 12.2. The van der Waals surface area contributed by atoms with Crippen LogP contribution in [-0.2, 0) is 11.3 Å². The smallest absolute Gasteiger partial charge is 0.226 e. The summed E-state index contributed by atoms with van der Waals surface area (Å²) in [5.74, 6) is 1.29. The van der Waals surface area contributed by atoms with Crippen LogP contribution in [0.1, 0.15) is 17.8 Å². The largest absolute Gasteiger partial charge is 0.457 e. The molecule has 3 aromatic rings. The Bertz CT molecular complexity index is 859. The van der Waals surface area contributed by atoms with Crippen molar-refractivity contribution in [3.8, 4) is 11.5 Å². The summed E-state index contributed by atoms with van der Waals surface area (Å²) in [6.07, 6.45) is 3.69. The van der Waals surface area contributed by atoms with Gasteiger partial charge in [-0.15, -0.1) is 0 Å². The van der Waals surface area contributed by atoms with E-state index in [1.54, 1.807) is 30.6 Å². The van der Waals surface area contributed by atoms with Crippen LogP contribution in [-0.4, -0.2) is 20.7 Å². The molecule has 25 heavy (non-hydrogen) atoms. The predicted octanol–water partition coefficient (Wildman–Crippen LogP) is 3.72. The van der Waals surface area contributed by atoms with Gasteiger partial charge in [-0.25, -0.2) is 0 Å². The van der Waals surface area contributed by atoms with Gasteiger partial charge in [-0.2, -0.15) is 5.10 Å². The highest BCUT2D eigenvalue weighted by atomic mass is 16.5. The first-order chi connectivity index (χ1) is 12.1. The van der Waals surface area contributed by atoms with Crippen LogP contribution in [0.4, 0.5) is 5.69 Å². The van der Waals surface area contributed by atoms with Crippen molar-refractivity contribution in [2.24, 2.45) is 0 Å². The Morgan fingerprint density at radius 1 is 1.12 bits per heavy atom. The van der Waals surface area contributed by atoms with Crippen molar-refractivity contribution in [3.63, 3.8) is 0 Å². The van der Waals surface area contributed by atoms with Gasteiger partial charge in [-0.1, -0.05) is 6.07 Å². The molecule has 0 radical (unpaired) electrons. The summed E-state index contributed by atoms with van der Waals surface area (Å²) < 4.78 is 7.59. The van der Waals surface area contributed by atoms with Crippen molar-refractivity contribution >= 4 is 11.6 Å². The van der Waals surface area contributed by atoms with Crippen LogP contribution in [0.2, 0.25) is 0 Å². The number of aryl methyl sites for hydroxylation is 3. The minimum atomic E-state index is -0.0615. The maximum absolute atomic E-state index is 12.2. The van der Waals surface area contributed by atoms with Gasteiger partial charge in [0.25, 0.3) is 0 Å². The molecule has 0 aliphatic heterocycles. The number of benzene rings is 1. The van der Waals surface area contributed by atoms with E-state index in [-0.39, 0.29) is 5.91 Å². The normalized spacial score (nSPS) is 10.5. The van der Waals surface area contributed by atoms with E-state index in [9.17, 15) is 4.79 Å². The number of aromatic nitrogens is 3. The van der Waals surface area contributed by atoms with Gasteiger partial charge in [0.05, 0.1) is 5.69 Å². The van der Waals surface area contributed by atoms with Crippen molar-refractivity contribution in [3.05, 3.63) is 66.2 Å². The van der Waals surface area contributed by atoms with Gasteiger partial charge in [0, 0.05) is 42.8 Å². The zero-order chi connectivity index (χ0) is 17.6.